The lowest BCUT2D eigenvalue weighted by molar-refractivity contribution is -0.142. The molecule has 5 heteroatoms. The second-order valence-electron chi connectivity index (χ2n) is 6.47. The molecule has 0 aromatic carbocycles. The van der Waals surface area contributed by atoms with Gasteiger partial charge in [-0.1, -0.05) is 45.1 Å². The van der Waals surface area contributed by atoms with E-state index < -0.39 is 8.56 Å². The Bertz CT molecular complexity index is 327. The van der Waals surface area contributed by atoms with Crippen LogP contribution in [0.4, 0.5) is 0 Å². The molecule has 0 saturated carbocycles. The third-order valence-electron chi connectivity index (χ3n) is 4.12. The average molecular weight is 359 g/mol. The number of hydrogen-bond donors (Lipinski definition) is 0. The van der Waals surface area contributed by atoms with E-state index in [1.807, 2.05) is 20.8 Å². The third kappa shape index (κ3) is 12.7. The van der Waals surface area contributed by atoms with E-state index in [1.165, 1.54) is 44.6 Å². The standard InChI is InChI=1S/C19H38O4Si/c1-6-19(20)23-18(4)16-14-12-10-9-11-13-15-17-24(5,21-7-2)22-8-3/h6,18H,1,7-17H2,2-5H3. The Balaban J connectivity index is 3.53. The quantitative estimate of drug-likeness (QED) is 0.161. The molecule has 0 heterocycles. The van der Waals surface area contributed by atoms with Crippen LogP contribution in [0.15, 0.2) is 12.7 Å². The highest BCUT2D eigenvalue weighted by molar-refractivity contribution is 6.66. The second-order valence-corrected chi connectivity index (χ2v) is 9.81. The maximum Gasteiger partial charge on any atom is 0.334 e. The summed E-state index contributed by atoms with van der Waals surface area (Å²) in [5.41, 5.74) is 0. The fraction of sp³-hybridized carbons (Fsp3) is 0.842. The van der Waals surface area contributed by atoms with Crippen LogP contribution in [0.25, 0.3) is 0 Å². The zero-order valence-electron chi connectivity index (χ0n) is 16.3. The highest BCUT2D eigenvalue weighted by Crippen LogP contribution is 2.19. The maximum absolute atomic E-state index is 11.1. The van der Waals surface area contributed by atoms with Gasteiger partial charge in [-0.05, 0) is 46.2 Å². The zero-order chi connectivity index (χ0) is 18.3. The van der Waals surface area contributed by atoms with E-state index >= 15 is 0 Å². The van der Waals surface area contributed by atoms with Crippen LogP contribution in [0.5, 0.6) is 0 Å². The molecule has 0 amide bonds. The summed E-state index contributed by atoms with van der Waals surface area (Å²) in [5, 5.41) is 0. The largest absolute Gasteiger partial charge is 0.460 e. The Kier molecular flexibility index (Phi) is 14.3. The van der Waals surface area contributed by atoms with Crippen molar-refractivity contribution in [3.8, 4) is 0 Å². The van der Waals surface area contributed by atoms with E-state index in [1.54, 1.807) is 0 Å². The van der Waals surface area contributed by atoms with E-state index in [0.29, 0.717) is 0 Å². The van der Waals surface area contributed by atoms with Gasteiger partial charge in [0.25, 0.3) is 0 Å². The first-order chi connectivity index (χ1) is 11.5. The predicted octanol–water partition coefficient (Wildman–Crippen LogP) is 5.37. The molecular weight excluding hydrogens is 320 g/mol. The van der Waals surface area contributed by atoms with Gasteiger partial charge in [0, 0.05) is 19.3 Å². The van der Waals surface area contributed by atoms with Crippen molar-refractivity contribution < 1.29 is 18.4 Å². The molecule has 1 atom stereocenters. The topological polar surface area (TPSA) is 44.8 Å². The van der Waals surface area contributed by atoms with Crippen LogP contribution in [-0.4, -0.2) is 33.8 Å². The molecule has 4 nitrogen and oxygen atoms in total. The second kappa shape index (κ2) is 14.7. The summed E-state index contributed by atoms with van der Waals surface area (Å²) >= 11 is 0. The molecule has 0 aliphatic rings. The smallest absolute Gasteiger partial charge is 0.334 e. The summed E-state index contributed by atoms with van der Waals surface area (Å²) < 4.78 is 16.9. The predicted molar refractivity (Wildman–Crippen MR) is 102 cm³/mol. The summed E-state index contributed by atoms with van der Waals surface area (Å²) in [6.45, 7) is 13.1. The fourth-order valence-electron chi connectivity index (χ4n) is 2.86. The zero-order valence-corrected chi connectivity index (χ0v) is 17.3. The van der Waals surface area contributed by atoms with Gasteiger partial charge in [-0.15, -0.1) is 0 Å². The van der Waals surface area contributed by atoms with Gasteiger partial charge in [-0.3, -0.25) is 0 Å². The van der Waals surface area contributed by atoms with E-state index in [9.17, 15) is 4.79 Å². The Hall–Kier alpha value is -0.653. The summed E-state index contributed by atoms with van der Waals surface area (Å²) in [5.74, 6) is -0.322. The molecule has 0 saturated heterocycles. The molecule has 0 N–H and O–H groups in total. The maximum atomic E-state index is 11.1. The Labute approximate surface area is 150 Å². The first-order valence-electron chi connectivity index (χ1n) is 9.58. The highest BCUT2D eigenvalue weighted by Gasteiger charge is 2.29. The van der Waals surface area contributed by atoms with Crippen molar-refractivity contribution in [1.29, 1.82) is 0 Å². The summed E-state index contributed by atoms with van der Waals surface area (Å²) in [6, 6.07) is 1.10. The van der Waals surface area contributed by atoms with Crippen molar-refractivity contribution in [2.45, 2.75) is 90.8 Å². The highest BCUT2D eigenvalue weighted by atomic mass is 28.4. The van der Waals surface area contributed by atoms with E-state index in [4.69, 9.17) is 13.6 Å². The monoisotopic (exact) mass is 358 g/mol. The minimum Gasteiger partial charge on any atom is -0.460 e. The van der Waals surface area contributed by atoms with Gasteiger partial charge >= 0.3 is 14.5 Å². The number of carbonyl (C=O) groups is 1. The molecule has 1 unspecified atom stereocenters. The normalized spacial score (nSPS) is 12.8. The molecule has 142 valence electrons. The Morgan fingerprint density at radius 3 is 2.00 bits per heavy atom. The number of ether oxygens (including phenoxy) is 1. The van der Waals surface area contributed by atoms with Crippen LogP contribution in [-0.2, 0) is 18.4 Å². The van der Waals surface area contributed by atoms with Crippen LogP contribution in [0.3, 0.4) is 0 Å². The van der Waals surface area contributed by atoms with Crippen LogP contribution >= 0.6 is 0 Å². The molecular formula is C19H38O4Si. The van der Waals surface area contributed by atoms with E-state index in [2.05, 4.69) is 13.1 Å². The molecule has 0 aromatic rings. The average Bonchev–Trinajstić information content (AvgIpc) is 2.53. The van der Waals surface area contributed by atoms with Gasteiger partial charge in [0.05, 0.1) is 6.10 Å². The van der Waals surface area contributed by atoms with Gasteiger partial charge in [0.1, 0.15) is 0 Å². The number of hydrogen-bond acceptors (Lipinski definition) is 4. The van der Waals surface area contributed by atoms with Gasteiger partial charge < -0.3 is 13.6 Å². The minimum absolute atomic E-state index is 0.00438. The molecule has 0 rings (SSSR count). The van der Waals surface area contributed by atoms with Crippen LogP contribution < -0.4 is 0 Å². The lowest BCUT2D eigenvalue weighted by atomic mass is 10.1. The molecule has 24 heavy (non-hydrogen) atoms. The third-order valence-corrected chi connectivity index (χ3v) is 7.19. The molecule has 0 fully saturated rings. The van der Waals surface area contributed by atoms with Gasteiger partial charge in [-0.2, -0.15) is 0 Å². The number of unbranched alkanes of at least 4 members (excludes halogenated alkanes) is 6. The minimum atomic E-state index is -1.91. The van der Waals surface area contributed by atoms with Crippen molar-refractivity contribution in [3.63, 3.8) is 0 Å². The van der Waals surface area contributed by atoms with Crippen LogP contribution in [0.2, 0.25) is 12.6 Å². The SMILES string of the molecule is C=CC(=O)OC(C)CCCCCCCCC[Si](C)(OCC)OCC. The number of rotatable bonds is 16. The molecule has 0 aliphatic carbocycles. The molecule has 0 bridgehead atoms. The van der Waals surface area contributed by atoms with Crippen molar-refractivity contribution in [1.82, 2.24) is 0 Å². The lowest BCUT2D eigenvalue weighted by Crippen LogP contribution is -2.38. The van der Waals surface area contributed by atoms with E-state index in [0.717, 1.165) is 32.1 Å². The number of esters is 1. The summed E-state index contributed by atoms with van der Waals surface area (Å²) in [7, 11) is -1.91. The van der Waals surface area contributed by atoms with E-state index in [-0.39, 0.29) is 12.1 Å². The van der Waals surface area contributed by atoms with Gasteiger partial charge in [-0.25, -0.2) is 4.79 Å². The van der Waals surface area contributed by atoms with Gasteiger partial charge in [0.15, 0.2) is 0 Å². The number of carbonyl (C=O) groups excluding carboxylic acids is 1. The Morgan fingerprint density at radius 1 is 1.00 bits per heavy atom. The Morgan fingerprint density at radius 2 is 1.50 bits per heavy atom. The molecule has 0 aliphatic heterocycles. The first-order valence-corrected chi connectivity index (χ1v) is 12.1. The summed E-state index contributed by atoms with van der Waals surface area (Å²) in [4.78, 5) is 11.1. The first kappa shape index (κ1) is 23.3. The van der Waals surface area contributed by atoms with Crippen molar-refractivity contribution >= 4 is 14.5 Å². The van der Waals surface area contributed by atoms with Crippen molar-refractivity contribution in [3.05, 3.63) is 12.7 Å². The molecule has 0 aromatic heterocycles. The molecule has 0 radical (unpaired) electrons. The van der Waals surface area contributed by atoms with Crippen molar-refractivity contribution in [2.24, 2.45) is 0 Å². The van der Waals surface area contributed by atoms with Gasteiger partial charge in [0.2, 0.25) is 0 Å². The fourth-order valence-corrected chi connectivity index (χ4v) is 5.35. The van der Waals surface area contributed by atoms with Crippen LogP contribution in [0, 0.1) is 0 Å². The molecule has 0 spiro atoms. The lowest BCUT2D eigenvalue weighted by Gasteiger charge is -2.25. The van der Waals surface area contributed by atoms with Crippen LogP contribution in [0.1, 0.15) is 72.1 Å². The summed E-state index contributed by atoms with van der Waals surface area (Å²) in [6.07, 6.45) is 10.8. The van der Waals surface area contributed by atoms with Crippen molar-refractivity contribution in [2.75, 3.05) is 13.2 Å².